The van der Waals surface area contributed by atoms with E-state index in [2.05, 4.69) is 5.32 Å². The minimum atomic E-state index is -0.244. The fourth-order valence-corrected chi connectivity index (χ4v) is 2.60. The summed E-state index contributed by atoms with van der Waals surface area (Å²) in [5.74, 6) is 0.448. The number of benzene rings is 2. The summed E-state index contributed by atoms with van der Waals surface area (Å²) < 4.78 is 19.1. The number of hydrogen-bond donors (Lipinski definition) is 1. The van der Waals surface area contributed by atoms with Gasteiger partial charge in [-0.05, 0) is 48.9 Å². The Morgan fingerprint density at radius 1 is 1.19 bits per heavy atom. The predicted octanol–water partition coefficient (Wildman–Crippen LogP) is 4.50. The summed E-state index contributed by atoms with van der Waals surface area (Å²) >= 11 is 6.02. The van der Waals surface area contributed by atoms with Crippen LogP contribution in [-0.2, 0) is 0 Å². The lowest BCUT2D eigenvalue weighted by molar-refractivity contribution is 0.404. The van der Waals surface area contributed by atoms with Crippen molar-refractivity contribution < 1.29 is 9.13 Å². The average molecular weight is 308 g/mol. The highest BCUT2D eigenvalue weighted by atomic mass is 35.5. The molecule has 1 unspecified atom stereocenters. The number of rotatable bonds is 5. The fraction of sp³-hybridized carbons (Fsp3) is 0.294. The van der Waals surface area contributed by atoms with Crippen molar-refractivity contribution in [1.29, 1.82) is 0 Å². The van der Waals surface area contributed by atoms with Crippen LogP contribution in [0, 0.1) is 12.7 Å². The van der Waals surface area contributed by atoms with Crippen LogP contribution in [0.25, 0.3) is 0 Å². The summed E-state index contributed by atoms with van der Waals surface area (Å²) in [6, 6.07) is 10.2. The Morgan fingerprint density at radius 3 is 2.62 bits per heavy atom. The summed E-state index contributed by atoms with van der Waals surface area (Å²) in [5, 5.41) is 4.00. The zero-order chi connectivity index (χ0) is 15.4. The van der Waals surface area contributed by atoms with Crippen molar-refractivity contribution in [2.45, 2.75) is 19.9 Å². The molecule has 0 aliphatic rings. The number of hydrogen-bond acceptors (Lipinski definition) is 2. The van der Waals surface area contributed by atoms with Gasteiger partial charge in [0.05, 0.1) is 13.2 Å². The number of ether oxygens (including phenoxy) is 1. The SMILES string of the molecule is CCNC(c1cc(F)ccc1C)c1ccc(Cl)cc1OC. The van der Waals surface area contributed by atoms with Crippen LogP contribution >= 0.6 is 11.6 Å². The molecule has 0 radical (unpaired) electrons. The van der Waals surface area contributed by atoms with Gasteiger partial charge in [-0.2, -0.15) is 0 Å². The molecule has 0 heterocycles. The Kier molecular flexibility index (Phi) is 5.21. The lowest BCUT2D eigenvalue weighted by atomic mass is 9.94. The molecule has 0 aliphatic carbocycles. The highest BCUT2D eigenvalue weighted by molar-refractivity contribution is 6.30. The molecular weight excluding hydrogens is 289 g/mol. The minimum absolute atomic E-state index is 0.141. The highest BCUT2D eigenvalue weighted by Gasteiger charge is 2.20. The number of aryl methyl sites for hydroxylation is 1. The van der Waals surface area contributed by atoms with Crippen LogP contribution in [0.15, 0.2) is 36.4 Å². The Labute approximate surface area is 129 Å². The van der Waals surface area contributed by atoms with Gasteiger partial charge in [-0.15, -0.1) is 0 Å². The molecule has 0 saturated carbocycles. The standard InChI is InChI=1S/C17H19ClFNO/c1-4-20-17(15-10-13(19)7-5-11(15)2)14-8-6-12(18)9-16(14)21-3/h5-10,17,20H,4H2,1-3H3. The quantitative estimate of drug-likeness (QED) is 0.878. The molecule has 2 rings (SSSR count). The third kappa shape index (κ3) is 3.55. The second-order valence-electron chi connectivity index (χ2n) is 4.88. The molecule has 0 spiro atoms. The molecule has 0 saturated heterocycles. The van der Waals surface area contributed by atoms with Crippen LogP contribution in [0.3, 0.4) is 0 Å². The molecule has 2 nitrogen and oxygen atoms in total. The molecule has 0 aliphatic heterocycles. The molecule has 112 valence electrons. The van der Waals surface area contributed by atoms with E-state index in [1.165, 1.54) is 6.07 Å². The van der Waals surface area contributed by atoms with Crippen molar-refractivity contribution in [3.8, 4) is 5.75 Å². The maximum absolute atomic E-state index is 13.6. The maximum atomic E-state index is 13.6. The molecule has 1 atom stereocenters. The monoisotopic (exact) mass is 307 g/mol. The first-order valence-electron chi connectivity index (χ1n) is 6.89. The first kappa shape index (κ1) is 15.8. The smallest absolute Gasteiger partial charge is 0.125 e. The van der Waals surface area contributed by atoms with E-state index in [0.717, 1.165) is 23.2 Å². The third-order valence-electron chi connectivity index (χ3n) is 3.47. The van der Waals surface area contributed by atoms with Gasteiger partial charge >= 0.3 is 0 Å². The van der Waals surface area contributed by atoms with Gasteiger partial charge in [-0.1, -0.05) is 30.7 Å². The van der Waals surface area contributed by atoms with Gasteiger partial charge < -0.3 is 10.1 Å². The second-order valence-corrected chi connectivity index (χ2v) is 5.31. The van der Waals surface area contributed by atoms with E-state index in [4.69, 9.17) is 16.3 Å². The average Bonchev–Trinajstić information content (AvgIpc) is 2.48. The molecule has 1 N–H and O–H groups in total. The molecule has 2 aromatic rings. The molecule has 0 fully saturated rings. The second kappa shape index (κ2) is 6.92. The fourth-order valence-electron chi connectivity index (χ4n) is 2.44. The predicted molar refractivity (Wildman–Crippen MR) is 84.7 cm³/mol. The first-order chi connectivity index (χ1) is 10.1. The van der Waals surface area contributed by atoms with E-state index in [-0.39, 0.29) is 11.9 Å². The number of nitrogens with one attached hydrogen (secondary N) is 1. The van der Waals surface area contributed by atoms with E-state index in [1.54, 1.807) is 25.3 Å². The van der Waals surface area contributed by atoms with E-state index >= 15 is 0 Å². The lowest BCUT2D eigenvalue weighted by Crippen LogP contribution is -2.23. The third-order valence-corrected chi connectivity index (χ3v) is 3.70. The van der Waals surface area contributed by atoms with Crippen LogP contribution in [0.5, 0.6) is 5.75 Å². The zero-order valence-corrected chi connectivity index (χ0v) is 13.2. The van der Waals surface area contributed by atoms with Crippen LogP contribution in [0.4, 0.5) is 4.39 Å². The first-order valence-corrected chi connectivity index (χ1v) is 7.27. The van der Waals surface area contributed by atoms with E-state index in [0.29, 0.717) is 10.8 Å². The minimum Gasteiger partial charge on any atom is -0.496 e. The molecule has 0 bridgehead atoms. The van der Waals surface area contributed by atoms with E-state index in [9.17, 15) is 4.39 Å². The van der Waals surface area contributed by atoms with Crippen molar-refractivity contribution in [2.75, 3.05) is 13.7 Å². The summed E-state index contributed by atoms with van der Waals surface area (Å²) in [7, 11) is 1.61. The molecular formula is C17H19ClFNO. The molecule has 0 aromatic heterocycles. The Hall–Kier alpha value is -1.58. The Morgan fingerprint density at radius 2 is 1.95 bits per heavy atom. The van der Waals surface area contributed by atoms with Gasteiger partial charge in [-0.3, -0.25) is 0 Å². The number of methoxy groups -OCH3 is 1. The van der Waals surface area contributed by atoms with Crippen molar-refractivity contribution in [2.24, 2.45) is 0 Å². The summed E-state index contributed by atoms with van der Waals surface area (Å²) in [5.41, 5.74) is 2.87. The lowest BCUT2D eigenvalue weighted by Gasteiger charge is -2.23. The molecule has 21 heavy (non-hydrogen) atoms. The van der Waals surface area contributed by atoms with E-state index < -0.39 is 0 Å². The van der Waals surface area contributed by atoms with Gasteiger partial charge in [0.25, 0.3) is 0 Å². The molecule has 4 heteroatoms. The molecule has 2 aromatic carbocycles. The Bertz CT molecular complexity index is 630. The van der Waals surface area contributed by atoms with Crippen LogP contribution in [-0.4, -0.2) is 13.7 Å². The normalized spacial score (nSPS) is 12.2. The van der Waals surface area contributed by atoms with Crippen molar-refractivity contribution in [3.63, 3.8) is 0 Å². The van der Waals surface area contributed by atoms with Gasteiger partial charge in [0.15, 0.2) is 0 Å². The van der Waals surface area contributed by atoms with Crippen molar-refractivity contribution in [1.82, 2.24) is 5.32 Å². The van der Waals surface area contributed by atoms with Crippen molar-refractivity contribution in [3.05, 3.63) is 63.9 Å². The van der Waals surface area contributed by atoms with Gasteiger partial charge in [0.2, 0.25) is 0 Å². The molecule has 0 amide bonds. The Balaban J connectivity index is 2.55. The maximum Gasteiger partial charge on any atom is 0.125 e. The largest absolute Gasteiger partial charge is 0.496 e. The summed E-state index contributed by atoms with van der Waals surface area (Å²) in [6.45, 7) is 4.75. The van der Waals surface area contributed by atoms with E-state index in [1.807, 2.05) is 26.0 Å². The highest BCUT2D eigenvalue weighted by Crippen LogP contribution is 2.33. The van der Waals surface area contributed by atoms with Gasteiger partial charge in [-0.25, -0.2) is 4.39 Å². The van der Waals surface area contributed by atoms with Gasteiger partial charge in [0.1, 0.15) is 11.6 Å². The topological polar surface area (TPSA) is 21.3 Å². The van der Waals surface area contributed by atoms with Crippen LogP contribution in [0.2, 0.25) is 5.02 Å². The van der Waals surface area contributed by atoms with Gasteiger partial charge in [0, 0.05) is 10.6 Å². The van der Waals surface area contributed by atoms with Crippen LogP contribution in [0.1, 0.15) is 29.7 Å². The summed E-state index contributed by atoms with van der Waals surface area (Å²) in [6.07, 6.45) is 0. The summed E-state index contributed by atoms with van der Waals surface area (Å²) in [4.78, 5) is 0. The van der Waals surface area contributed by atoms with Crippen molar-refractivity contribution >= 4 is 11.6 Å². The zero-order valence-electron chi connectivity index (χ0n) is 12.4. The van der Waals surface area contributed by atoms with Crippen LogP contribution < -0.4 is 10.1 Å². The number of halogens is 2.